The highest BCUT2D eigenvalue weighted by molar-refractivity contribution is 8.13. The predicted octanol–water partition coefficient (Wildman–Crippen LogP) is 4.89. The fourth-order valence-electron chi connectivity index (χ4n) is 2.31. The van der Waals surface area contributed by atoms with Gasteiger partial charge in [-0.2, -0.15) is 0 Å². The van der Waals surface area contributed by atoms with E-state index >= 15 is 0 Å². The first-order valence-corrected chi connectivity index (χ1v) is 9.89. The third kappa shape index (κ3) is 10.4. The molecule has 4 nitrogen and oxygen atoms in total. The molecule has 2 amide bonds. The number of carbonyl (C=O) groups is 2. The Morgan fingerprint density at radius 1 is 1.00 bits per heavy atom. The summed E-state index contributed by atoms with van der Waals surface area (Å²) in [4.78, 5) is 25.9. The lowest BCUT2D eigenvalue weighted by atomic mass is 10.2. The quantitative estimate of drug-likeness (QED) is 0.719. The summed E-state index contributed by atoms with van der Waals surface area (Å²) in [6.07, 6.45) is 6.92. The van der Waals surface area contributed by atoms with Gasteiger partial charge in [0.2, 0.25) is 0 Å². The van der Waals surface area contributed by atoms with Crippen LogP contribution in [0.15, 0.2) is 0 Å². The molecule has 1 rings (SSSR count). The van der Waals surface area contributed by atoms with Gasteiger partial charge in [0.25, 0.3) is 10.5 Å². The first kappa shape index (κ1) is 21.6. The maximum Gasteiger partial charge on any atom is 0.281 e. The summed E-state index contributed by atoms with van der Waals surface area (Å²) in [5, 5.41) is 0.170. The van der Waals surface area contributed by atoms with Crippen molar-refractivity contribution < 1.29 is 9.59 Å². The first-order valence-electron chi connectivity index (χ1n) is 8.46. The van der Waals surface area contributed by atoms with E-state index < -0.39 is 0 Å². The molecular weight excluding hydrogens is 316 g/mol. The van der Waals surface area contributed by atoms with Crippen LogP contribution in [0.25, 0.3) is 0 Å². The van der Waals surface area contributed by atoms with Crippen LogP contribution in [0.2, 0.25) is 0 Å². The number of amides is 2. The van der Waals surface area contributed by atoms with Crippen molar-refractivity contribution in [3.05, 3.63) is 0 Å². The van der Waals surface area contributed by atoms with Gasteiger partial charge < -0.3 is 9.80 Å². The molecule has 0 aliphatic carbocycles. The molecule has 0 atom stereocenters. The molecule has 130 valence electrons. The van der Waals surface area contributed by atoms with E-state index in [1.807, 2.05) is 16.7 Å². The minimum atomic E-state index is -0.0677. The zero-order chi connectivity index (χ0) is 16.8. The second kappa shape index (κ2) is 14.2. The summed E-state index contributed by atoms with van der Waals surface area (Å²) in [6.45, 7) is 9.84. The van der Waals surface area contributed by atoms with Gasteiger partial charge in [0.15, 0.2) is 0 Å². The first-order chi connectivity index (χ1) is 10.6. The Balaban J connectivity index is 0.000000406. The Kier molecular flexibility index (Phi) is 14.0. The van der Waals surface area contributed by atoms with E-state index in [1.54, 1.807) is 0 Å². The van der Waals surface area contributed by atoms with E-state index in [2.05, 4.69) is 26.5 Å². The molecule has 1 heterocycles. The average Bonchev–Trinajstić information content (AvgIpc) is 2.77. The van der Waals surface area contributed by atoms with Crippen molar-refractivity contribution in [1.29, 1.82) is 0 Å². The topological polar surface area (TPSA) is 40.6 Å². The maximum atomic E-state index is 11.4. The van der Waals surface area contributed by atoms with Crippen molar-refractivity contribution in [2.75, 3.05) is 31.9 Å². The molecule has 0 aromatic carbocycles. The van der Waals surface area contributed by atoms with Crippen molar-refractivity contribution in [1.82, 2.24) is 9.80 Å². The standard InChI is InChI=1S/C9H19NOS.C7H13NOS/c1-4-7-10(8-5-2)9(11)12-6-3;9-7(10)8-5-3-1-2-4-6-8/h4-8H2,1-3H3;1-6H2,(H,9,10). The minimum absolute atomic E-state index is 0.0677. The van der Waals surface area contributed by atoms with E-state index in [1.165, 1.54) is 24.6 Å². The second-order valence-electron chi connectivity index (χ2n) is 5.37. The molecule has 0 unspecified atom stereocenters. The molecule has 6 heteroatoms. The third-order valence-electron chi connectivity index (χ3n) is 3.39. The smallest absolute Gasteiger partial charge is 0.281 e. The molecule has 0 aromatic heterocycles. The van der Waals surface area contributed by atoms with Gasteiger partial charge in [0, 0.05) is 26.2 Å². The van der Waals surface area contributed by atoms with Crippen LogP contribution in [0, 0.1) is 0 Å². The van der Waals surface area contributed by atoms with Crippen molar-refractivity contribution in [3.63, 3.8) is 0 Å². The maximum absolute atomic E-state index is 11.4. The number of thiol groups is 1. The lowest BCUT2D eigenvalue weighted by Crippen LogP contribution is -2.29. The molecule has 1 fully saturated rings. The number of nitrogens with zero attached hydrogens (tertiary/aromatic N) is 2. The zero-order valence-corrected chi connectivity index (χ0v) is 16.1. The van der Waals surface area contributed by atoms with Gasteiger partial charge in [0.1, 0.15) is 0 Å². The SMILES string of the molecule is CCCN(CCC)C(=O)SCC.O=C(S)N1CCCCCC1. The van der Waals surface area contributed by atoms with Gasteiger partial charge in [-0.25, -0.2) is 0 Å². The van der Waals surface area contributed by atoms with Crippen LogP contribution >= 0.6 is 24.4 Å². The largest absolute Gasteiger partial charge is 0.334 e. The van der Waals surface area contributed by atoms with E-state index in [0.717, 1.165) is 57.6 Å². The second-order valence-corrected chi connectivity index (χ2v) is 6.97. The minimum Gasteiger partial charge on any atom is -0.334 e. The van der Waals surface area contributed by atoms with Gasteiger partial charge in [-0.1, -0.05) is 58.0 Å². The summed E-state index contributed by atoms with van der Waals surface area (Å²) >= 11 is 5.18. The molecule has 0 N–H and O–H groups in total. The summed E-state index contributed by atoms with van der Waals surface area (Å²) in [5.74, 6) is 0.878. The highest BCUT2D eigenvalue weighted by Crippen LogP contribution is 2.11. The number of thioether (sulfide) groups is 1. The molecule has 0 spiro atoms. The van der Waals surface area contributed by atoms with E-state index in [4.69, 9.17) is 0 Å². The van der Waals surface area contributed by atoms with Crippen molar-refractivity contribution in [3.8, 4) is 0 Å². The fourth-order valence-corrected chi connectivity index (χ4v) is 3.12. The molecule has 0 aromatic rings. The highest BCUT2D eigenvalue weighted by atomic mass is 32.2. The van der Waals surface area contributed by atoms with Crippen LogP contribution in [0.1, 0.15) is 59.3 Å². The van der Waals surface area contributed by atoms with Gasteiger partial charge in [-0.3, -0.25) is 9.59 Å². The van der Waals surface area contributed by atoms with Gasteiger partial charge in [-0.05, 0) is 31.4 Å². The van der Waals surface area contributed by atoms with E-state index in [-0.39, 0.29) is 10.5 Å². The summed E-state index contributed by atoms with van der Waals surface area (Å²) in [5.41, 5.74) is 0. The number of hydrogen-bond acceptors (Lipinski definition) is 3. The lowest BCUT2D eigenvalue weighted by Gasteiger charge is -2.20. The van der Waals surface area contributed by atoms with Crippen molar-refractivity contribution >= 4 is 34.9 Å². The molecule has 1 aliphatic heterocycles. The van der Waals surface area contributed by atoms with E-state index in [9.17, 15) is 9.59 Å². The Morgan fingerprint density at radius 2 is 1.50 bits per heavy atom. The van der Waals surface area contributed by atoms with Gasteiger partial charge in [-0.15, -0.1) is 0 Å². The lowest BCUT2D eigenvalue weighted by molar-refractivity contribution is 0.223. The fraction of sp³-hybridized carbons (Fsp3) is 0.875. The summed E-state index contributed by atoms with van der Waals surface area (Å²) < 4.78 is 0. The van der Waals surface area contributed by atoms with Crippen LogP contribution in [-0.4, -0.2) is 52.2 Å². The molecule has 1 aliphatic rings. The zero-order valence-electron chi connectivity index (χ0n) is 14.3. The molecule has 0 saturated carbocycles. The third-order valence-corrected chi connectivity index (χ3v) is 4.47. The van der Waals surface area contributed by atoms with Crippen LogP contribution < -0.4 is 0 Å². The van der Waals surface area contributed by atoms with Crippen LogP contribution in [0.4, 0.5) is 9.59 Å². The number of likely N-dealkylation sites (tertiary alicyclic amines) is 1. The Bertz CT molecular complexity index is 301. The number of carbonyl (C=O) groups excluding carboxylic acids is 2. The van der Waals surface area contributed by atoms with Gasteiger partial charge >= 0.3 is 0 Å². The Morgan fingerprint density at radius 3 is 1.86 bits per heavy atom. The average molecular weight is 349 g/mol. The molecule has 22 heavy (non-hydrogen) atoms. The summed E-state index contributed by atoms with van der Waals surface area (Å²) in [7, 11) is 0. The van der Waals surface area contributed by atoms with Crippen molar-refractivity contribution in [2.24, 2.45) is 0 Å². The monoisotopic (exact) mass is 348 g/mol. The molecule has 0 bridgehead atoms. The van der Waals surface area contributed by atoms with Crippen molar-refractivity contribution in [2.45, 2.75) is 59.3 Å². The molecule has 0 radical (unpaired) electrons. The highest BCUT2D eigenvalue weighted by Gasteiger charge is 2.11. The van der Waals surface area contributed by atoms with Crippen LogP contribution in [0.3, 0.4) is 0 Å². The number of hydrogen-bond donors (Lipinski definition) is 1. The Labute approximate surface area is 145 Å². The van der Waals surface area contributed by atoms with Crippen LogP contribution in [-0.2, 0) is 0 Å². The normalized spacial score (nSPS) is 14.6. The van der Waals surface area contributed by atoms with E-state index in [0.29, 0.717) is 0 Å². The summed E-state index contributed by atoms with van der Waals surface area (Å²) in [6, 6.07) is 0. The molecule has 1 saturated heterocycles. The molecular formula is C16H32N2O2S2. The van der Waals surface area contributed by atoms with Gasteiger partial charge in [0.05, 0.1) is 0 Å². The van der Waals surface area contributed by atoms with Crippen LogP contribution in [0.5, 0.6) is 0 Å². The Hall–Kier alpha value is -0.360. The number of rotatable bonds is 5. The predicted molar refractivity (Wildman–Crippen MR) is 100 cm³/mol.